The lowest BCUT2D eigenvalue weighted by atomic mass is 9.88. The van der Waals surface area contributed by atoms with Crippen molar-refractivity contribution in [3.63, 3.8) is 0 Å². The van der Waals surface area contributed by atoms with Gasteiger partial charge < -0.3 is 14.5 Å². The highest BCUT2D eigenvalue weighted by Gasteiger charge is 2.44. The molecule has 0 saturated carbocycles. The number of nitrogens with zero attached hydrogens (tertiary/aromatic N) is 2. The van der Waals surface area contributed by atoms with Gasteiger partial charge in [-0.3, -0.25) is 9.59 Å². The minimum absolute atomic E-state index is 0.170. The van der Waals surface area contributed by atoms with E-state index in [1.165, 1.54) is 17.0 Å². The Morgan fingerprint density at radius 2 is 1.95 bits per heavy atom. The molecule has 6 heteroatoms. The Labute approximate surface area is 129 Å². The second-order valence-electron chi connectivity index (χ2n) is 6.23. The lowest BCUT2D eigenvalue weighted by molar-refractivity contribution is -0.158. The predicted octanol–water partition coefficient (Wildman–Crippen LogP) is 1.53. The maximum Gasteiger partial charge on any atom is 0.237 e. The SMILES string of the molecule is CN(C)C(=O)C(C)(C)C(=O)N1CC(Oc2cccc(F)c2)C1. The predicted molar refractivity (Wildman–Crippen MR) is 79.9 cm³/mol. The number of hydrogen-bond acceptors (Lipinski definition) is 3. The van der Waals surface area contributed by atoms with Crippen LogP contribution in [0.3, 0.4) is 0 Å². The van der Waals surface area contributed by atoms with Crippen molar-refractivity contribution in [2.75, 3.05) is 27.2 Å². The minimum Gasteiger partial charge on any atom is -0.487 e. The van der Waals surface area contributed by atoms with Gasteiger partial charge in [0.15, 0.2) is 0 Å². The van der Waals surface area contributed by atoms with E-state index in [1.807, 2.05) is 0 Å². The van der Waals surface area contributed by atoms with Gasteiger partial charge in [-0.2, -0.15) is 0 Å². The first-order valence-corrected chi connectivity index (χ1v) is 7.15. The first-order chi connectivity index (χ1) is 10.2. The zero-order chi connectivity index (χ0) is 16.5. The van der Waals surface area contributed by atoms with Crippen molar-refractivity contribution in [2.45, 2.75) is 20.0 Å². The minimum atomic E-state index is -1.09. The van der Waals surface area contributed by atoms with Gasteiger partial charge in [0.25, 0.3) is 0 Å². The summed E-state index contributed by atoms with van der Waals surface area (Å²) in [7, 11) is 3.26. The summed E-state index contributed by atoms with van der Waals surface area (Å²) in [4.78, 5) is 27.5. The van der Waals surface area contributed by atoms with Crippen LogP contribution in [0.2, 0.25) is 0 Å². The molecule has 1 aromatic rings. The molecule has 22 heavy (non-hydrogen) atoms. The Hall–Kier alpha value is -2.11. The molecule has 1 heterocycles. The van der Waals surface area contributed by atoms with Gasteiger partial charge >= 0.3 is 0 Å². The summed E-state index contributed by atoms with van der Waals surface area (Å²) in [6.45, 7) is 4.05. The van der Waals surface area contributed by atoms with Gasteiger partial charge in [-0.05, 0) is 26.0 Å². The van der Waals surface area contributed by atoms with Crippen LogP contribution in [0.15, 0.2) is 24.3 Å². The molecule has 0 aromatic heterocycles. The smallest absolute Gasteiger partial charge is 0.237 e. The van der Waals surface area contributed by atoms with Crippen LogP contribution in [-0.2, 0) is 9.59 Å². The molecule has 0 bridgehead atoms. The van der Waals surface area contributed by atoms with E-state index in [1.54, 1.807) is 45.0 Å². The summed E-state index contributed by atoms with van der Waals surface area (Å²) in [5, 5.41) is 0. The fourth-order valence-electron chi connectivity index (χ4n) is 2.46. The fourth-order valence-corrected chi connectivity index (χ4v) is 2.46. The molecule has 1 aliphatic rings. The molecule has 1 aliphatic heterocycles. The summed E-state index contributed by atoms with van der Waals surface area (Å²) in [5.74, 6) is -0.361. The summed E-state index contributed by atoms with van der Waals surface area (Å²) >= 11 is 0. The highest BCUT2D eigenvalue weighted by molar-refractivity contribution is 6.04. The number of carbonyl (C=O) groups excluding carboxylic acids is 2. The summed E-state index contributed by atoms with van der Waals surface area (Å²) in [5.41, 5.74) is -1.09. The average Bonchev–Trinajstić information content (AvgIpc) is 2.40. The Morgan fingerprint density at radius 1 is 1.32 bits per heavy atom. The maximum absolute atomic E-state index is 13.1. The van der Waals surface area contributed by atoms with E-state index in [0.717, 1.165) is 0 Å². The van der Waals surface area contributed by atoms with Crippen molar-refractivity contribution in [2.24, 2.45) is 5.41 Å². The van der Waals surface area contributed by atoms with Crippen molar-refractivity contribution < 1.29 is 18.7 Å². The van der Waals surface area contributed by atoms with Gasteiger partial charge in [-0.1, -0.05) is 6.07 Å². The topological polar surface area (TPSA) is 49.9 Å². The van der Waals surface area contributed by atoms with Crippen LogP contribution in [-0.4, -0.2) is 54.9 Å². The third kappa shape index (κ3) is 3.21. The van der Waals surface area contributed by atoms with E-state index in [2.05, 4.69) is 0 Å². The number of carbonyl (C=O) groups is 2. The zero-order valence-electron chi connectivity index (χ0n) is 13.3. The van der Waals surface area contributed by atoms with Crippen molar-refractivity contribution in [3.05, 3.63) is 30.1 Å². The Kier molecular flexibility index (Phi) is 4.39. The normalized spacial score (nSPS) is 15.2. The van der Waals surface area contributed by atoms with Crippen LogP contribution >= 0.6 is 0 Å². The first kappa shape index (κ1) is 16.3. The number of ether oxygens (including phenoxy) is 1. The maximum atomic E-state index is 13.1. The van der Waals surface area contributed by atoms with Crippen LogP contribution in [0, 0.1) is 11.2 Å². The monoisotopic (exact) mass is 308 g/mol. The Bertz CT molecular complexity index is 581. The zero-order valence-corrected chi connectivity index (χ0v) is 13.3. The van der Waals surface area contributed by atoms with Crippen molar-refractivity contribution in [1.82, 2.24) is 9.80 Å². The van der Waals surface area contributed by atoms with Gasteiger partial charge in [-0.25, -0.2) is 4.39 Å². The first-order valence-electron chi connectivity index (χ1n) is 7.15. The summed E-state index contributed by atoms with van der Waals surface area (Å²) < 4.78 is 18.7. The van der Waals surface area contributed by atoms with Gasteiger partial charge in [0.1, 0.15) is 23.1 Å². The van der Waals surface area contributed by atoms with Crippen molar-refractivity contribution >= 4 is 11.8 Å². The van der Waals surface area contributed by atoms with Crippen LogP contribution in [0.1, 0.15) is 13.8 Å². The standard InChI is InChI=1S/C16H21FN2O3/c1-16(2,14(20)18(3)4)15(21)19-9-13(10-19)22-12-7-5-6-11(17)8-12/h5-8,13H,9-10H2,1-4H3. The van der Waals surface area contributed by atoms with Gasteiger partial charge in [0, 0.05) is 20.2 Å². The molecule has 5 nitrogen and oxygen atoms in total. The lowest BCUT2D eigenvalue weighted by Gasteiger charge is -2.42. The van der Waals surface area contributed by atoms with Crippen LogP contribution in [0.25, 0.3) is 0 Å². The molecule has 1 saturated heterocycles. The molecule has 0 N–H and O–H groups in total. The molecule has 120 valence electrons. The number of rotatable bonds is 4. The molecule has 1 aromatic carbocycles. The van der Waals surface area contributed by atoms with E-state index in [-0.39, 0.29) is 23.7 Å². The Balaban J connectivity index is 1.91. The number of amides is 2. The van der Waals surface area contributed by atoms with Gasteiger partial charge in [0.05, 0.1) is 13.1 Å². The van der Waals surface area contributed by atoms with E-state index in [0.29, 0.717) is 18.8 Å². The van der Waals surface area contributed by atoms with Crippen molar-refractivity contribution in [1.29, 1.82) is 0 Å². The molecule has 0 aliphatic carbocycles. The largest absolute Gasteiger partial charge is 0.487 e. The van der Waals surface area contributed by atoms with Crippen LogP contribution in [0.4, 0.5) is 4.39 Å². The van der Waals surface area contributed by atoms with E-state index >= 15 is 0 Å². The highest BCUT2D eigenvalue weighted by atomic mass is 19.1. The van der Waals surface area contributed by atoms with Gasteiger partial charge in [-0.15, -0.1) is 0 Å². The Morgan fingerprint density at radius 3 is 2.50 bits per heavy atom. The van der Waals surface area contributed by atoms with Gasteiger partial charge in [0.2, 0.25) is 11.8 Å². The molecule has 0 spiro atoms. The number of hydrogen-bond donors (Lipinski definition) is 0. The number of likely N-dealkylation sites (tertiary alicyclic amines) is 1. The van der Waals surface area contributed by atoms with Crippen molar-refractivity contribution in [3.8, 4) is 5.75 Å². The third-order valence-corrected chi connectivity index (χ3v) is 3.71. The molecule has 2 amide bonds. The molecular formula is C16H21FN2O3. The molecule has 0 atom stereocenters. The molecule has 2 rings (SSSR count). The second kappa shape index (κ2) is 5.94. The van der Waals surface area contributed by atoms with E-state index in [9.17, 15) is 14.0 Å². The summed E-state index contributed by atoms with van der Waals surface area (Å²) in [6.07, 6.45) is -0.170. The molecule has 1 fully saturated rings. The lowest BCUT2D eigenvalue weighted by Crippen LogP contribution is -2.61. The quantitative estimate of drug-likeness (QED) is 0.793. The molecular weight excluding hydrogens is 287 g/mol. The summed E-state index contributed by atoms with van der Waals surface area (Å²) in [6, 6.07) is 5.90. The fraction of sp³-hybridized carbons (Fsp3) is 0.500. The number of benzene rings is 1. The van der Waals surface area contributed by atoms with E-state index in [4.69, 9.17) is 4.74 Å². The molecule has 0 radical (unpaired) electrons. The average molecular weight is 308 g/mol. The molecule has 0 unspecified atom stereocenters. The third-order valence-electron chi connectivity index (χ3n) is 3.71. The highest BCUT2D eigenvalue weighted by Crippen LogP contribution is 2.26. The van der Waals surface area contributed by atoms with E-state index < -0.39 is 5.41 Å². The van der Waals surface area contributed by atoms with Crippen LogP contribution in [0.5, 0.6) is 5.75 Å². The second-order valence-corrected chi connectivity index (χ2v) is 6.23. The van der Waals surface area contributed by atoms with Crippen LogP contribution < -0.4 is 4.74 Å². The number of halogens is 1.